The Morgan fingerprint density at radius 3 is 2.69 bits per heavy atom. The minimum atomic E-state index is -1.12. The quantitative estimate of drug-likeness (QED) is 0.844. The first-order chi connectivity index (χ1) is 6.06. The van der Waals surface area contributed by atoms with Crippen LogP contribution in [0.5, 0.6) is 0 Å². The van der Waals surface area contributed by atoms with Gasteiger partial charge in [0.2, 0.25) is 0 Å². The Kier molecular flexibility index (Phi) is 2.91. The van der Waals surface area contributed by atoms with Crippen molar-refractivity contribution in [3.8, 4) is 6.07 Å². The number of aromatic carboxylic acids is 1. The highest BCUT2D eigenvalue weighted by Gasteiger charge is 2.11. The van der Waals surface area contributed by atoms with E-state index in [9.17, 15) is 4.79 Å². The second-order valence-electron chi connectivity index (χ2n) is 2.23. The molecule has 0 fully saturated rings. The molecule has 5 heteroatoms. The predicted molar refractivity (Wildman–Crippen MR) is 50.8 cm³/mol. The van der Waals surface area contributed by atoms with Crippen LogP contribution in [0.25, 0.3) is 0 Å². The molecule has 3 nitrogen and oxygen atoms in total. The van der Waals surface area contributed by atoms with Gasteiger partial charge in [-0.05, 0) is 28.1 Å². The highest BCUT2D eigenvalue weighted by molar-refractivity contribution is 9.10. The first-order valence-electron chi connectivity index (χ1n) is 3.18. The van der Waals surface area contributed by atoms with E-state index in [2.05, 4.69) is 15.9 Å². The Hall–Kier alpha value is -1.05. The Morgan fingerprint density at radius 2 is 2.23 bits per heavy atom. The maximum absolute atomic E-state index is 10.6. The molecule has 0 spiro atoms. The average Bonchev–Trinajstić information content (AvgIpc) is 2.07. The number of nitriles is 1. The molecule has 1 N–H and O–H groups in total. The van der Waals surface area contributed by atoms with Gasteiger partial charge in [-0.1, -0.05) is 11.6 Å². The van der Waals surface area contributed by atoms with Gasteiger partial charge in [-0.3, -0.25) is 0 Å². The third-order valence-electron chi connectivity index (χ3n) is 1.41. The predicted octanol–water partition coefficient (Wildman–Crippen LogP) is 2.67. The number of benzene rings is 1. The van der Waals surface area contributed by atoms with E-state index in [1.807, 2.05) is 6.07 Å². The monoisotopic (exact) mass is 259 g/mol. The SMILES string of the molecule is N#Cc1cc(Cl)c(C(=O)O)cc1Br. The molecule has 0 bridgehead atoms. The maximum Gasteiger partial charge on any atom is 0.337 e. The van der Waals surface area contributed by atoms with E-state index in [1.165, 1.54) is 12.1 Å². The maximum atomic E-state index is 10.6. The molecule has 1 aromatic carbocycles. The van der Waals surface area contributed by atoms with Gasteiger partial charge in [-0.15, -0.1) is 0 Å². The average molecular weight is 260 g/mol. The number of halogens is 2. The Balaban J connectivity index is 3.39. The molecule has 0 aliphatic heterocycles. The number of carboxylic acid groups (broad SMARTS) is 1. The highest BCUT2D eigenvalue weighted by atomic mass is 79.9. The van der Waals surface area contributed by atoms with Crippen LogP contribution in [0.15, 0.2) is 16.6 Å². The second-order valence-corrected chi connectivity index (χ2v) is 3.49. The lowest BCUT2D eigenvalue weighted by Gasteiger charge is -2.00. The van der Waals surface area contributed by atoms with Gasteiger partial charge in [-0.25, -0.2) is 4.79 Å². The summed E-state index contributed by atoms with van der Waals surface area (Å²) < 4.78 is 0.428. The van der Waals surface area contributed by atoms with E-state index in [4.69, 9.17) is 22.0 Å². The molecule has 0 saturated heterocycles. The van der Waals surface area contributed by atoms with Crippen LogP contribution in [0.1, 0.15) is 15.9 Å². The van der Waals surface area contributed by atoms with Crippen molar-refractivity contribution in [2.24, 2.45) is 0 Å². The van der Waals surface area contributed by atoms with Gasteiger partial charge < -0.3 is 5.11 Å². The van der Waals surface area contributed by atoms with Crippen LogP contribution in [0.2, 0.25) is 5.02 Å². The van der Waals surface area contributed by atoms with E-state index in [0.29, 0.717) is 10.0 Å². The summed E-state index contributed by atoms with van der Waals surface area (Å²) in [5, 5.41) is 17.3. The van der Waals surface area contributed by atoms with Crippen molar-refractivity contribution in [2.45, 2.75) is 0 Å². The minimum absolute atomic E-state index is 0.0208. The zero-order valence-corrected chi connectivity index (χ0v) is 8.56. The van der Waals surface area contributed by atoms with E-state index < -0.39 is 5.97 Å². The third kappa shape index (κ3) is 2.00. The molecule has 13 heavy (non-hydrogen) atoms. The minimum Gasteiger partial charge on any atom is -0.478 e. The van der Waals surface area contributed by atoms with Crippen molar-refractivity contribution >= 4 is 33.5 Å². The lowest BCUT2D eigenvalue weighted by atomic mass is 10.1. The fourth-order valence-corrected chi connectivity index (χ4v) is 1.47. The van der Waals surface area contributed by atoms with Crippen LogP contribution < -0.4 is 0 Å². The van der Waals surface area contributed by atoms with Gasteiger partial charge in [0.25, 0.3) is 0 Å². The van der Waals surface area contributed by atoms with Crippen LogP contribution in [-0.4, -0.2) is 11.1 Å². The standard InChI is InChI=1S/C8H3BrClNO2/c9-6-2-5(8(12)13)7(10)1-4(6)3-11/h1-2H,(H,12,13). The van der Waals surface area contributed by atoms with Crippen LogP contribution in [0.3, 0.4) is 0 Å². The van der Waals surface area contributed by atoms with Crippen molar-refractivity contribution in [1.29, 1.82) is 5.26 Å². The molecule has 0 saturated carbocycles. The highest BCUT2D eigenvalue weighted by Crippen LogP contribution is 2.24. The zero-order valence-electron chi connectivity index (χ0n) is 6.21. The molecule has 0 unspecified atom stereocenters. The van der Waals surface area contributed by atoms with Crippen molar-refractivity contribution in [1.82, 2.24) is 0 Å². The lowest BCUT2D eigenvalue weighted by molar-refractivity contribution is 0.0697. The number of carbonyl (C=O) groups is 1. The lowest BCUT2D eigenvalue weighted by Crippen LogP contribution is -1.98. The molecule has 0 aliphatic rings. The van der Waals surface area contributed by atoms with Gasteiger partial charge in [0.05, 0.1) is 16.1 Å². The molecule has 66 valence electrons. The Bertz CT molecular complexity index is 411. The molecule has 0 aliphatic carbocycles. The van der Waals surface area contributed by atoms with Gasteiger partial charge in [0.15, 0.2) is 0 Å². The van der Waals surface area contributed by atoms with Crippen molar-refractivity contribution in [3.05, 3.63) is 32.8 Å². The number of nitrogens with zero attached hydrogens (tertiary/aromatic N) is 1. The number of rotatable bonds is 1. The van der Waals surface area contributed by atoms with Crippen molar-refractivity contribution in [2.75, 3.05) is 0 Å². The summed E-state index contributed by atoms with van der Waals surface area (Å²) in [6.45, 7) is 0. The summed E-state index contributed by atoms with van der Waals surface area (Å²) in [5.74, 6) is -1.12. The molecule has 0 aromatic heterocycles. The number of hydrogen-bond donors (Lipinski definition) is 1. The van der Waals surface area contributed by atoms with Crippen LogP contribution in [0.4, 0.5) is 0 Å². The Morgan fingerprint density at radius 1 is 1.62 bits per heavy atom. The van der Waals surface area contributed by atoms with E-state index in [0.717, 1.165) is 0 Å². The largest absolute Gasteiger partial charge is 0.478 e. The van der Waals surface area contributed by atoms with Crippen molar-refractivity contribution in [3.63, 3.8) is 0 Å². The van der Waals surface area contributed by atoms with Gasteiger partial charge in [-0.2, -0.15) is 5.26 Å². The van der Waals surface area contributed by atoms with Gasteiger partial charge in [0, 0.05) is 4.47 Å². The van der Waals surface area contributed by atoms with E-state index in [-0.39, 0.29) is 10.6 Å². The number of carboxylic acids is 1. The van der Waals surface area contributed by atoms with Crippen LogP contribution in [0, 0.1) is 11.3 Å². The first kappa shape index (κ1) is 10.0. The molecule has 1 rings (SSSR count). The Labute approximate surface area is 87.7 Å². The summed E-state index contributed by atoms with van der Waals surface area (Å²) in [6.07, 6.45) is 0. The van der Waals surface area contributed by atoms with E-state index in [1.54, 1.807) is 0 Å². The fraction of sp³-hybridized carbons (Fsp3) is 0. The molecule has 0 radical (unpaired) electrons. The first-order valence-corrected chi connectivity index (χ1v) is 4.35. The molecular formula is C8H3BrClNO2. The summed E-state index contributed by atoms with van der Waals surface area (Å²) >= 11 is 8.69. The zero-order chi connectivity index (χ0) is 10.0. The van der Waals surface area contributed by atoms with Gasteiger partial charge in [0.1, 0.15) is 6.07 Å². The smallest absolute Gasteiger partial charge is 0.337 e. The number of hydrogen-bond acceptors (Lipinski definition) is 2. The van der Waals surface area contributed by atoms with Crippen LogP contribution >= 0.6 is 27.5 Å². The second kappa shape index (κ2) is 3.77. The van der Waals surface area contributed by atoms with Crippen molar-refractivity contribution < 1.29 is 9.90 Å². The molecule has 0 amide bonds. The molecule has 1 aromatic rings. The van der Waals surface area contributed by atoms with E-state index >= 15 is 0 Å². The molecule has 0 atom stereocenters. The summed E-state index contributed by atoms with van der Waals surface area (Å²) in [6, 6.07) is 4.50. The van der Waals surface area contributed by atoms with Gasteiger partial charge >= 0.3 is 5.97 Å². The fourth-order valence-electron chi connectivity index (χ4n) is 0.796. The molecule has 0 heterocycles. The topological polar surface area (TPSA) is 61.1 Å². The molecular weight excluding hydrogens is 257 g/mol. The third-order valence-corrected chi connectivity index (χ3v) is 2.38. The summed E-state index contributed by atoms with van der Waals surface area (Å²) in [7, 11) is 0. The summed E-state index contributed by atoms with van der Waals surface area (Å²) in [5.41, 5.74) is 0.294. The normalized spacial score (nSPS) is 9.31. The summed E-state index contributed by atoms with van der Waals surface area (Å²) in [4.78, 5) is 10.6. The van der Waals surface area contributed by atoms with Crippen LogP contribution in [-0.2, 0) is 0 Å².